The van der Waals surface area contributed by atoms with E-state index >= 15 is 0 Å². The van der Waals surface area contributed by atoms with Crippen LogP contribution >= 0.6 is 0 Å². The first-order valence-corrected chi connectivity index (χ1v) is 8.40. The third-order valence-corrected chi connectivity index (χ3v) is 4.95. The smallest absolute Gasteiger partial charge is 0.342 e. The van der Waals surface area contributed by atoms with Gasteiger partial charge in [-0.3, -0.25) is 5.10 Å². The van der Waals surface area contributed by atoms with E-state index in [-0.39, 0.29) is 29.3 Å². The van der Waals surface area contributed by atoms with Crippen LogP contribution in [0.5, 0.6) is 0 Å². The molecule has 0 bridgehead atoms. The standard InChI is InChI=1S/C12H20N4O4S/c1-2-20-12(17)10-7-14-15-11(10)21(18,19)16-9-5-3-8(13)4-6-9/h7-9,16H,2-6,13H2,1H3,(H,14,15). The molecule has 4 N–H and O–H groups in total. The highest BCUT2D eigenvalue weighted by atomic mass is 32.2. The average Bonchev–Trinajstić information content (AvgIpc) is 2.92. The number of carbonyl (C=O) groups is 1. The molecule has 1 aliphatic rings. The van der Waals surface area contributed by atoms with Gasteiger partial charge in [-0.1, -0.05) is 0 Å². The van der Waals surface area contributed by atoms with E-state index in [1.54, 1.807) is 6.92 Å². The minimum Gasteiger partial charge on any atom is -0.462 e. The Hall–Kier alpha value is -1.45. The van der Waals surface area contributed by atoms with Crippen LogP contribution in [0.25, 0.3) is 0 Å². The largest absolute Gasteiger partial charge is 0.462 e. The molecule has 0 atom stereocenters. The number of aromatic amines is 1. The van der Waals surface area contributed by atoms with Gasteiger partial charge in [-0.2, -0.15) is 5.10 Å². The van der Waals surface area contributed by atoms with Crippen LogP contribution in [0, 0.1) is 0 Å². The van der Waals surface area contributed by atoms with Crippen LogP contribution in [0.2, 0.25) is 0 Å². The summed E-state index contributed by atoms with van der Waals surface area (Å²) in [5.74, 6) is -0.711. The van der Waals surface area contributed by atoms with Crippen LogP contribution in [-0.2, 0) is 14.8 Å². The van der Waals surface area contributed by atoms with Gasteiger partial charge < -0.3 is 10.5 Å². The number of hydrogen-bond acceptors (Lipinski definition) is 6. The topological polar surface area (TPSA) is 127 Å². The molecule has 21 heavy (non-hydrogen) atoms. The zero-order valence-corrected chi connectivity index (χ0v) is 12.6. The zero-order valence-electron chi connectivity index (χ0n) is 11.8. The number of rotatable bonds is 5. The van der Waals surface area contributed by atoms with Crippen molar-refractivity contribution in [1.82, 2.24) is 14.9 Å². The fourth-order valence-corrected chi connectivity index (χ4v) is 3.74. The summed E-state index contributed by atoms with van der Waals surface area (Å²) in [5.41, 5.74) is 5.71. The van der Waals surface area contributed by atoms with E-state index in [4.69, 9.17) is 10.5 Å². The lowest BCUT2D eigenvalue weighted by Gasteiger charge is -2.26. The number of sulfonamides is 1. The molecule has 0 radical (unpaired) electrons. The molecule has 2 rings (SSSR count). The lowest BCUT2D eigenvalue weighted by Crippen LogP contribution is -2.40. The van der Waals surface area contributed by atoms with E-state index in [1.165, 1.54) is 0 Å². The maximum absolute atomic E-state index is 12.4. The van der Waals surface area contributed by atoms with Gasteiger partial charge in [0.1, 0.15) is 5.56 Å². The van der Waals surface area contributed by atoms with E-state index in [0.717, 1.165) is 19.0 Å². The van der Waals surface area contributed by atoms with Gasteiger partial charge in [0, 0.05) is 12.1 Å². The summed E-state index contributed by atoms with van der Waals surface area (Å²) in [4.78, 5) is 11.7. The summed E-state index contributed by atoms with van der Waals surface area (Å²) >= 11 is 0. The summed E-state index contributed by atoms with van der Waals surface area (Å²) in [6.45, 7) is 1.81. The molecule has 0 amide bonds. The highest BCUT2D eigenvalue weighted by Gasteiger charge is 2.29. The number of nitrogens with one attached hydrogen (secondary N) is 2. The van der Waals surface area contributed by atoms with Gasteiger partial charge >= 0.3 is 5.97 Å². The number of nitrogens with two attached hydrogens (primary N) is 1. The van der Waals surface area contributed by atoms with Crippen LogP contribution in [0.4, 0.5) is 0 Å². The first kappa shape index (κ1) is 15.9. The van der Waals surface area contributed by atoms with Crippen LogP contribution in [0.1, 0.15) is 43.0 Å². The third-order valence-electron chi connectivity index (χ3n) is 3.46. The number of aromatic nitrogens is 2. The van der Waals surface area contributed by atoms with E-state index in [9.17, 15) is 13.2 Å². The number of ether oxygens (including phenoxy) is 1. The number of hydrogen-bond donors (Lipinski definition) is 3. The highest BCUT2D eigenvalue weighted by Crippen LogP contribution is 2.20. The Morgan fingerprint density at radius 3 is 2.76 bits per heavy atom. The van der Waals surface area contributed by atoms with Gasteiger partial charge in [0.05, 0.1) is 12.8 Å². The molecule has 1 aromatic heterocycles. The maximum atomic E-state index is 12.4. The quantitative estimate of drug-likeness (QED) is 0.663. The van der Waals surface area contributed by atoms with Gasteiger partial charge in [-0.25, -0.2) is 17.9 Å². The van der Waals surface area contributed by atoms with E-state index in [2.05, 4.69) is 14.9 Å². The fraction of sp³-hybridized carbons (Fsp3) is 0.667. The molecule has 1 saturated carbocycles. The summed E-state index contributed by atoms with van der Waals surface area (Å²) in [5, 5.41) is 5.74. The van der Waals surface area contributed by atoms with Crippen molar-refractivity contribution in [3.05, 3.63) is 11.8 Å². The fourth-order valence-electron chi connectivity index (χ4n) is 2.35. The summed E-state index contributed by atoms with van der Waals surface area (Å²) in [7, 11) is -3.84. The summed E-state index contributed by atoms with van der Waals surface area (Å²) in [6.07, 6.45) is 4.08. The third kappa shape index (κ3) is 3.80. The normalized spacial score (nSPS) is 23.0. The van der Waals surface area contributed by atoms with E-state index in [0.29, 0.717) is 12.8 Å². The Morgan fingerprint density at radius 1 is 1.48 bits per heavy atom. The predicted octanol–water partition coefficient (Wildman–Crippen LogP) is 0.135. The molecule has 8 nitrogen and oxygen atoms in total. The van der Waals surface area contributed by atoms with Crippen LogP contribution in [0.3, 0.4) is 0 Å². The lowest BCUT2D eigenvalue weighted by atomic mass is 9.93. The number of esters is 1. The van der Waals surface area contributed by atoms with Gasteiger partial charge in [0.25, 0.3) is 10.0 Å². The highest BCUT2D eigenvalue weighted by molar-refractivity contribution is 7.89. The number of nitrogens with zero attached hydrogens (tertiary/aromatic N) is 1. The predicted molar refractivity (Wildman–Crippen MR) is 75.1 cm³/mol. The average molecular weight is 316 g/mol. The Bertz CT molecular complexity index is 590. The Kier molecular flexibility index (Phi) is 4.96. The van der Waals surface area contributed by atoms with Crippen molar-refractivity contribution in [2.75, 3.05) is 6.61 Å². The van der Waals surface area contributed by atoms with Gasteiger partial charge in [0.2, 0.25) is 0 Å². The monoisotopic (exact) mass is 316 g/mol. The van der Waals surface area contributed by atoms with Crippen molar-refractivity contribution in [3.8, 4) is 0 Å². The number of H-pyrrole nitrogens is 1. The molecule has 0 saturated heterocycles. The lowest BCUT2D eigenvalue weighted by molar-refractivity contribution is 0.0522. The van der Waals surface area contributed by atoms with Gasteiger partial charge in [-0.15, -0.1) is 0 Å². The van der Waals surface area contributed by atoms with Crippen LogP contribution in [0.15, 0.2) is 11.2 Å². The second kappa shape index (κ2) is 6.54. The van der Waals surface area contributed by atoms with Gasteiger partial charge in [0.15, 0.2) is 5.03 Å². The maximum Gasteiger partial charge on any atom is 0.342 e. The van der Waals surface area contributed by atoms with Gasteiger partial charge in [-0.05, 0) is 32.6 Å². The Morgan fingerprint density at radius 2 is 2.14 bits per heavy atom. The molecule has 0 aromatic carbocycles. The van der Waals surface area contributed by atoms with Crippen LogP contribution in [-0.4, -0.2) is 43.3 Å². The Balaban J connectivity index is 2.13. The minimum absolute atomic E-state index is 0.0862. The molecule has 1 fully saturated rings. The molecule has 1 aromatic rings. The van der Waals surface area contributed by atoms with Crippen molar-refractivity contribution in [1.29, 1.82) is 0 Å². The van der Waals surface area contributed by atoms with Crippen molar-refractivity contribution in [3.63, 3.8) is 0 Å². The van der Waals surface area contributed by atoms with Crippen molar-refractivity contribution in [2.24, 2.45) is 5.73 Å². The summed E-state index contributed by atoms with van der Waals surface area (Å²) in [6, 6.07) is -0.0406. The SMILES string of the molecule is CCOC(=O)c1cn[nH]c1S(=O)(=O)NC1CCC(N)CC1. The molecule has 1 aliphatic carbocycles. The molecular weight excluding hydrogens is 296 g/mol. The van der Waals surface area contributed by atoms with Crippen molar-refractivity contribution in [2.45, 2.75) is 49.7 Å². The molecular formula is C12H20N4O4S. The molecule has 118 valence electrons. The Labute approximate surface area is 123 Å². The van der Waals surface area contributed by atoms with Crippen molar-refractivity contribution < 1.29 is 17.9 Å². The molecule has 0 unspecified atom stereocenters. The van der Waals surface area contributed by atoms with Crippen LogP contribution < -0.4 is 10.5 Å². The first-order valence-electron chi connectivity index (χ1n) is 6.92. The second-order valence-electron chi connectivity index (χ2n) is 5.07. The molecule has 0 spiro atoms. The van der Waals surface area contributed by atoms with E-state index < -0.39 is 16.0 Å². The van der Waals surface area contributed by atoms with Crippen molar-refractivity contribution >= 4 is 16.0 Å². The number of carbonyl (C=O) groups excluding carboxylic acids is 1. The molecule has 1 heterocycles. The van der Waals surface area contributed by atoms with E-state index in [1.807, 2.05) is 0 Å². The first-order chi connectivity index (χ1) is 9.94. The molecule has 9 heteroatoms. The second-order valence-corrected chi connectivity index (χ2v) is 6.72. The minimum atomic E-state index is -3.84. The summed E-state index contributed by atoms with van der Waals surface area (Å²) < 4.78 is 32.1. The molecule has 0 aliphatic heterocycles. The zero-order chi connectivity index (χ0) is 15.5.